The molecule has 0 aliphatic rings. The molecule has 2 heteroatoms. The number of aryl methyl sites for hydroxylation is 1. The van der Waals surface area contributed by atoms with Gasteiger partial charge >= 0.3 is 0 Å². The second kappa shape index (κ2) is 4.91. The molecule has 0 bridgehead atoms. The molecule has 0 spiro atoms. The molecule has 88 valence electrons. The predicted octanol–water partition coefficient (Wildman–Crippen LogP) is 3.63. The Bertz CT molecular complexity index is 501. The van der Waals surface area contributed by atoms with E-state index in [1.165, 1.54) is 5.56 Å². The highest BCUT2D eigenvalue weighted by atomic mass is 16.5. The van der Waals surface area contributed by atoms with Crippen LogP contribution in [0.2, 0.25) is 0 Å². The van der Waals surface area contributed by atoms with Crippen molar-refractivity contribution in [1.82, 2.24) is 0 Å². The lowest BCUT2D eigenvalue weighted by atomic mass is 10.0. The monoisotopic (exact) mass is 228 g/mol. The Balaban J connectivity index is 2.45. The van der Waals surface area contributed by atoms with Crippen molar-refractivity contribution >= 4 is 0 Å². The van der Waals surface area contributed by atoms with Crippen molar-refractivity contribution in [1.29, 1.82) is 0 Å². The van der Waals surface area contributed by atoms with Crippen molar-refractivity contribution in [3.8, 4) is 22.6 Å². The summed E-state index contributed by atoms with van der Waals surface area (Å²) in [5.74, 6) is 0.696. The van der Waals surface area contributed by atoms with Gasteiger partial charge in [0.1, 0.15) is 0 Å². The smallest absolute Gasteiger partial charge is 0.165 e. The largest absolute Gasteiger partial charge is 0.504 e. The minimum atomic E-state index is 0.194. The number of benzene rings is 2. The van der Waals surface area contributed by atoms with Gasteiger partial charge in [-0.15, -0.1) is 0 Å². The Kier molecular flexibility index (Phi) is 3.33. The number of phenols is 1. The van der Waals surface area contributed by atoms with Crippen LogP contribution < -0.4 is 4.74 Å². The van der Waals surface area contributed by atoms with Crippen LogP contribution in [0, 0.1) is 0 Å². The highest BCUT2D eigenvalue weighted by Crippen LogP contribution is 2.36. The van der Waals surface area contributed by atoms with Crippen LogP contribution in [0.1, 0.15) is 12.5 Å². The van der Waals surface area contributed by atoms with Crippen molar-refractivity contribution in [2.24, 2.45) is 0 Å². The lowest BCUT2D eigenvalue weighted by Crippen LogP contribution is -1.86. The van der Waals surface area contributed by atoms with E-state index in [4.69, 9.17) is 4.74 Å². The molecule has 0 fully saturated rings. The van der Waals surface area contributed by atoms with Crippen LogP contribution in [0.15, 0.2) is 42.5 Å². The van der Waals surface area contributed by atoms with Crippen LogP contribution in [-0.2, 0) is 6.42 Å². The van der Waals surface area contributed by atoms with E-state index in [1.807, 2.05) is 24.3 Å². The van der Waals surface area contributed by atoms with Crippen molar-refractivity contribution in [2.75, 3.05) is 7.11 Å². The Morgan fingerprint density at radius 2 is 1.76 bits per heavy atom. The number of ether oxygens (including phenoxy) is 1. The molecule has 0 radical (unpaired) electrons. The Labute approximate surface area is 101 Å². The fourth-order valence-electron chi connectivity index (χ4n) is 1.84. The number of phenolic OH excluding ortho intramolecular Hbond substituents is 1. The van der Waals surface area contributed by atoms with Gasteiger partial charge in [0.05, 0.1) is 7.11 Å². The maximum absolute atomic E-state index is 10.0. The van der Waals surface area contributed by atoms with Gasteiger partial charge in [0.2, 0.25) is 0 Å². The first-order chi connectivity index (χ1) is 8.26. The summed E-state index contributed by atoms with van der Waals surface area (Å²) in [6, 6.07) is 13.7. The minimum Gasteiger partial charge on any atom is -0.504 e. The van der Waals surface area contributed by atoms with E-state index in [-0.39, 0.29) is 5.75 Å². The Morgan fingerprint density at radius 3 is 2.35 bits per heavy atom. The third-order valence-electron chi connectivity index (χ3n) is 2.89. The molecule has 2 aromatic rings. The molecular weight excluding hydrogens is 212 g/mol. The van der Waals surface area contributed by atoms with Crippen molar-refractivity contribution in [2.45, 2.75) is 13.3 Å². The average molecular weight is 228 g/mol. The summed E-state index contributed by atoms with van der Waals surface area (Å²) in [4.78, 5) is 0. The fourth-order valence-corrected chi connectivity index (χ4v) is 1.84. The van der Waals surface area contributed by atoms with Gasteiger partial charge in [0, 0.05) is 5.56 Å². The van der Waals surface area contributed by atoms with E-state index in [1.54, 1.807) is 13.2 Å². The van der Waals surface area contributed by atoms with Gasteiger partial charge in [-0.1, -0.05) is 43.3 Å². The van der Waals surface area contributed by atoms with E-state index in [2.05, 4.69) is 19.1 Å². The van der Waals surface area contributed by atoms with Gasteiger partial charge in [-0.2, -0.15) is 0 Å². The van der Waals surface area contributed by atoms with Gasteiger partial charge in [-0.3, -0.25) is 0 Å². The average Bonchev–Trinajstić information content (AvgIpc) is 2.39. The lowest BCUT2D eigenvalue weighted by Gasteiger charge is -2.09. The summed E-state index contributed by atoms with van der Waals surface area (Å²) >= 11 is 0. The number of rotatable bonds is 3. The Morgan fingerprint density at radius 1 is 1.06 bits per heavy atom. The molecule has 2 nitrogen and oxygen atoms in total. The molecular formula is C15H16O2. The molecule has 0 aromatic heterocycles. The van der Waals surface area contributed by atoms with Gasteiger partial charge in [-0.25, -0.2) is 0 Å². The molecule has 0 saturated heterocycles. The lowest BCUT2D eigenvalue weighted by molar-refractivity contribution is 0.374. The third kappa shape index (κ3) is 2.26. The number of aromatic hydroxyl groups is 1. The van der Waals surface area contributed by atoms with E-state index < -0.39 is 0 Å². The van der Waals surface area contributed by atoms with Crippen LogP contribution in [0.5, 0.6) is 11.5 Å². The molecule has 0 aliphatic carbocycles. The molecule has 0 atom stereocenters. The fraction of sp³-hybridized carbons (Fsp3) is 0.200. The summed E-state index contributed by atoms with van der Waals surface area (Å²) in [6.45, 7) is 2.12. The molecule has 17 heavy (non-hydrogen) atoms. The SMILES string of the molecule is CCc1ccc(-c2cccc(OC)c2O)cc1. The first-order valence-corrected chi connectivity index (χ1v) is 5.71. The zero-order valence-electron chi connectivity index (χ0n) is 10.1. The van der Waals surface area contributed by atoms with Crippen LogP contribution in [0.4, 0.5) is 0 Å². The number of para-hydroxylation sites is 1. The standard InChI is InChI=1S/C15H16O2/c1-3-11-7-9-12(10-8-11)13-5-4-6-14(17-2)15(13)16/h4-10,16H,3H2,1-2H3. The molecule has 0 amide bonds. The van der Waals surface area contributed by atoms with E-state index in [0.29, 0.717) is 5.75 Å². The van der Waals surface area contributed by atoms with Gasteiger partial charge in [-0.05, 0) is 23.6 Å². The molecule has 0 unspecified atom stereocenters. The number of hydrogen-bond acceptors (Lipinski definition) is 2. The second-order valence-electron chi connectivity index (χ2n) is 3.91. The third-order valence-corrected chi connectivity index (χ3v) is 2.89. The molecule has 1 N–H and O–H groups in total. The zero-order chi connectivity index (χ0) is 12.3. The molecule has 2 rings (SSSR count). The van der Waals surface area contributed by atoms with E-state index in [9.17, 15) is 5.11 Å². The summed E-state index contributed by atoms with van der Waals surface area (Å²) in [6.07, 6.45) is 1.02. The van der Waals surface area contributed by atoms with Crippen LogP contribution in [0.25, 0.3) is 11.1 Å². The predicted molar refractivity (Wildman–Crippen MR) is 69.5 cm³/mol. The van der Waals surface area contributed by atoms with E-state index in [0.717, 1.165) is 17.5 Å². The highest BCUT2D eigenvalue weighted by molar-refractivity contribution is 5.73. The maximum atomic E-state index is 10.0. The summed E-state index contributed by atoms with van der Waals surface area (Å²) in [5, 5.41) is 10.0. The van der Waals surface area contributed by atoms with Crippen LogP contribution >= 0.6 is 0 Å². The topological polar surface area (TPSA) is 29.5 Å². The summed E-state index contributed by atoms with van der Waals surface area (Å²) in [7, 11) is 1.55. The summed E-state index contributed by atoms with van der Waals surface area (Å²) in [5.41, 5.74) is 3.08. The van der Waals surface area contributed by atoms with Crippen molar-refractivity contribution in [3.63, 3.8) is 0 Å². The van der Waals surface area contributed by atoms with Gasteiger partial charge in [0.15, 0.2) is 11.5 Å². The second-order valence-corrected chi connectivity index (χ2v) is 3.91. The van der Waals surface area contributed by atoms with Crippen molar-refractivity contribution in [3.05, 3.63) is 48.0 Å². The highest BCUT2D eigenvalue weighted by Gasteiger charge is 2.08. The maximum Gasteiger partial charge on any atom is 0.165 e. The minimum absolute atomic E-state index is 0.194. The molecule has 2 aromatic carbocycles. The normalized spacial score (nSPS) is 10.2. The number of methoxy groups -OCH3 is 1. The molecule has 0 heterocycles. The first kappa shape index (κ1) is 11.5. The van der Waals surface area contributed by atoms with Crippen molar-refractivity contribution < 1.29 is 9.84 Å². The summed E-state index contributed by atoms with van der Waals surface area (Å²) < 4.78 is 5.10. The Hall–Kier alpha value is -1.96. The van der Waals surface area contributed by atoms with E-state index >= 15 is 0 Å². The van der Waals surface area contributed by atoms with Crippen LogP contribution in [-0.4, -0.2) is 12.2 Å². The zero-order valence-corrected chi connectivity index (χ0v) is 10.1. The quantitative estimate of drug-likeness (QED) is 0.869. The first-order valence-electron chi connectivity index (χ1n) is 5.71. The van der Waals surface area contributed by atoms with Gasteiger partial charge in [0.25, 0.3) is 0 Å². The van der Waals surface area contributed by atoms with Gasteiger partial charge < -0.3 is 9.84 Å². The molecule has 0 saturated carbocycles. The van der Waals surface area contributed by atoms with Crippen LogP contribution in [0.3, 0.4) is 0 Å². The number of hydrogen-bond donors (Lipinski definition) is 1. The molecule has 0 aliphatic heterocycles.